The van der Waals surface area contributed by atoms with Crippen LogP contribution in [0.3, 0.4) is 0 Å². The fourth-order valence-electron chi connectivity index (χ4n) is 4.09. The van der Waals surface area contributed by atoms with Gasteiger partial charge in [-0.05, 0) is 29.4 Å². The van der Waals surface area contributed by atoms with Gasteiger partial charge in [0.2, 0.25) is 0 Å². The van der Waals surface area contributed by atoms with Crippen LogP contribution < -0.4 is 5.73 Å². The van der Waals surface area contributed by atoms with Crippen molar-refractivity contribution in [1.82, 2.24) is 9.80 Å². The Morgan fingerprint density at radius 1 is 1.12 bits per heavy atom. The first-order valence-electron chi connectivity index (χ1n) is 9.53. The molecule has 6 heteroatoms. The van der Waals surface area contributed by atoms with Gasteiger partial charge in [0.05, 0.1) is 6.54 Å². The van der Waals surface area contributed by atoms with Gasteiger partial charge in [-0.25, -0.2) is 4.99 Å². The van der Waals surface area contributed by atoms with Gasteiger partial charge < -0.3 is 10.6 Å². The molecule has 0 radical (unpaired) electrons. The van der Waals surface area contributed by atoms with E-state index in [-0.39, 0.29) is 24.0 Å². The zero-order chi connectivity index (χ0) is 17.6. The lowest BCUT2D eigenvalue weighted by Crippen LogP contribution is -2.42. The monoisotopic (exact) mass is 488 g/mol. The van der Waals surface area contributed by atoms with E-state index in [2.05, 4.69) is 47.9 Å². The molecule has 3 rings (SSSR count). The molecule has 2 fully saturated rings. The molecule has 146 valence electrons. The lowest BCUT2D eigenvalue weighted by molar-refractivity contribution is 0.134. The number of benzene rings is 1. The Hall–Kier alpha value is -0.470. The predicted octanol–water partition coefficient (Wildman–Crippen LogP) is 3.65. The van der Waals surface area contributed by atoms with Gasteiger partial charge in [-0.1, -0.05) is 38.1 Å². The van der Waals surface area contributed by atoms with Gasteiger partial charge in [0, 0.05) is 44.2 Å². The fraction of sp³-hybridized carbons (Fsp3) is 0.650. The highest BCUT2D eigenvalue weighted by molar-refractivity contribution is 14.0. The lowest BCUT2D eigenvalue weighted by atomic mass is 9.91. The van der Waals surface area contributed by atoms with Gasteiger partial charge in [0.1, 0.15) is 0 Å². The number of aliphatic imine (C=N–C) groups is 1. The molecule has 2 aliphatic rings. The Morgan fingerprint density at radius 3 is 2.38 bits per heavy atom. The number of likely N-dealkylation sites (tertiary alicyclic amines) is 1. The van der Waals surface area contributed by atoms with Crippen LogP contribution in [0, 0.1) is 11.8 Å². The van der Waals surface area contributed by atoms with Gasteiger partial charge in [-0.2, -0.15) is 11.8 Å². The molecule has 26 heavy (non-hydrogen) atoms. The first-order valence-corrected chi connectivity index (χ1v) is 10.7. The van der Waals surface area contributed by atoms with Crippen molar-refractivity contribution in [3.05, 3.63) is 35.4 Å². The molecule has 0 spiro atoms. The van der Waals surface area contributed by atoms with Gasteiger partial charge in [-0.3, -0.25) is 4.90 Å². The van der Waals surface area contributed by atoms with Crippen molar-refractivity contribution < 1.29 is 0 Å². The number of nitrogens with zero attached hydrogens (tertiary/aromatic N) is 3. The molecule has 0 saturated carbocycles. The average molecular weight is 488 g/mol. The van der Waals surface area contributed by atoms with Crippen LogP contribution in [0.2, 0.25) is 0 Å². The number of hydrogen-bond donors (Lipinski definition) is 1. The Balaban J connectivity index is 0.00000243. The van der Waals surface area contributed by atoms with Crippen LogP contribution in [0.1, 0.15) is 31.4 Å². The molecule has 2 heterocycles. The summed E-state index contributed by atoms with van der Waals surface area (Å²) < 4.78 is 0. The van der Waals surface area contributed by atoms with Crippen molar-refractivity contribution in [3.8, 4) is 0 Å². The largest absolute Gasteiger partial charge is 0.370 e. The summed E-state index contributed by atoms with van der Waals surface area (Å²) in [6.07, 6.45) is 1.35. The minimum atomic E-state index is 0. The summed E-state index contributed by atoms with van der Waals surface area (Å²) in [5.41, 5.74) is 8.93. The number of rotatable bonds is 4. The van der Waals surface area contributed by atoms with E-state index in [0.717, 1.165) is 43.0 Å². The Labute approximate surface area is 180 Å². The van der Waals surface area contributed by atoms with Crippen LogP contribution in [0.5, 0.6) is 0 Å². The summed E-state index contributed by atoms with van der Waals surface area (Å²) >= 11 is 1.99. The number of guanidine groups is 1. The number of nitrogens with two attached hydrogens (primary N) is 1. The summed E-state index contributed by atoms with van der Waals surface area (Å²) in [5.74, 6) is 4.59. The molecular weight excluding hydrogens is 455 g/mol. The molecule has 0 bridgehead atoms. The molecule has 2 atom stereocenters. The van der Waals surface area contributed by atoms with Crippen molar-refractivity contribution in [1.29, 1.82) is 0 Å². The van der Waals surface area contributed by atoms with Crippen LogP contribution in [-0.4, -0.2) is 53.4 Å². The van der Waals surface area contributed by atoms with Crippen molar-refractivity contribution >= 4 is 41.7 Å². The smallest absolute Gasteiger partial charge is 0.191 e. The standard InChI is InChI=1S/C20H32N4S.HI/c1-16-11-17(2)14-23(13-16)15-19-6-4-3-5-18(19)12-22-20(21)24-7-9-25-10-8-24;/h3-6,16-17H,7-15H2,1-2H3,(H2,21,22);1H. The van der Waals surface area contributed by atoms with Crippen LogP contribution >= 0.6 is 35.7 Å². The van der Waals surface area contributed by atoms with Crippen LogP contribution in [0.4, 0.5) is 0 Å². The molecular formula is C20H33IN4S. The summed E-state index contributed by atoms with van der Waals surface area (Å²) in [6, 6.07) is 8.71. The number of thioether (sulfide) groups is 1. The topological polar surface area (TPSA) is 44.9 Å². The van der Waals surface area contributed by atoms with E-state index < -0.39 is 0 Å². The first kappa shape index (κ1) is 21.8. The van der Waals surface area contributed by atoms with E-state index in [9.17, 15) is 0 Å². The summed E-state index contributed by atoms with van der Waals surface area (Å²) in [7, 11) is 0. The number of hydrogen-bond acceptors (Lipinski definition) is 3. The third kappa shape index (κ3) is 6.30. The average Bonchev–Trinajstić information content (AvgIpc) is 2.60. The second-order valence-corrected chi connectivity index (χ2v) is 8.91. The molecule has 1 aromatic carbocycles. The third-order valence-electron chi connectivity index (χ3n) is 5.20. The second kappa shape index (κ2) is 10.8. The summed E-state index contributed by atoms with van der Waals surface area (Å²) in [4.78, 5) is 9.51. The van der Waals surface area contributed by atoms with Crippen molar-refractivity contribution in [2.75, 3.05) is 37.7 Å². The van der Waals surface area contributed by atoms with Gasteiger partial charge in [-0.15, -0.1) is 24.0 Å². The molecule has 4 nitrogen and oxygen atoms in total. The Bertz CT molecular complexity index is 579. The zero-order valence-corrected chi connectivity index (χ0v) is 19.2. The highest BCUT2D eigenvalue weighted by atomic mass is 127. The van der Waals surface area contributed by atoms with Gasteiger partial charge >= 0.3 is 0 Å². The van der Waals surface area contributed by atoms with Gasteiger partial charge in [0.25, 0.3) is 0 Å². The number of halogens is 1. The Kier molecular flexibility index (Phi) is 9.03. The minimum Gasteiger partial charge on any atom is -0.370 e. The van der Waals surface area contributed by atoms with Crippen molar-refractivity contribution in [3.63, 3.8) is 0 Å². The normalized spacial score (nSPS) is 25.0. The maximum atomic E-state index is 6.22. The summed E-state index contributed by atoms with van der Waals surface area (Å²) in [5, 5.41) is 0. The molecule has 2 aliphatic heterocycles. The van der Waals surface area contributed by atoms with Crippen LogP contribution in [0.15, 0.2) is 29.3 Å². The molecule has 1 aromatic rings. The molecule has 0 amide bonds. The lowest BCUT2D eigenvalue weighted by Gasteiger charge is -2.35. The van der Waals surface area contributed by atoms with Crippen molar-refractivity contribution in [2.24, 2.45) is 22.6 Å². The fourth-order valence-corrected chi connectivity index (χ4v) is 4.99. The maximum Gasteiger partial charge on any atom is 0.191 e. The zero-order valence-electron chi connectivity index (χ0n) is 16.1. The quantitative estimate of drug-likeness (QED) is 0.400. The van der Waals surface area contributed by atoms with E-state index in [1.807, 2.05) is 11.8 Å². The van der Waals surface area contributed by atoms with Crippen LogP contribution in [0.25, 0.3) is 0 Å². The van der Waals surface area contributed by atoms with Crippen molar-refractivity contribution in [2.45, 2.75) is 33.4 Å². The SMILES string of the molecule is CC1CC(C)CN(Cc2ccccc2CN=C(N)N2CCSCC2)C1.I. The summed E-state index contributed by atoms with van der Waals surface area (Å²) in [6.45, 7) is 10.9. The molecule has 2 unspecified atom stereocenters. The molecule has 2 saturated heterocycles. The highest BCUT2D eigenvalue weighted by Gasteiger charge is 2.22. The maximum absolute atomic E-state index is 6.22. The van der Waals surface area contributed by atoms with E-state index in [4.69, 9.17) is 10.7 Å². The second-order valence-electron chi connectivity index (χ2n) is 7.68. The van der Waals surface area contributed by atoms with Gasteiger partial charge in [0.15, 0.2) is 5.96 Å². The predicted molar refractivity (Wildman–Crippen MR) is 124 cm³/mol. The Morgan fingerprint density at radius 2 is 1.73 bits per heavy atom. The van der Waals surface area contributed by atoms with E-state index in [1.54, 1.807) is 0 Å². The number of piperidine rings is 1. The minimum absolute atomic E-state index is 0. The first-order chi connectivity index (χ1) is 12.1. The highest BCUT2D eigenvalue weighted by Crippen LogP contribution is 2.23. The van der Waals surface area contributed by atoms with E-state index in [1.165, 1.54) is 30.6 Å². The molecule has 0 aliphatic carbocycles. The molecule has 0 aromatic heterocycles. The molecule has 2 N–H and O–H groups in total. The van der Waals surface area contributed by atoms with E-state index in [0.29, 0.717) is 12.5 Å². The third-order valence-corrected chi connectivity index (χ3v) is 6.15. The van der Waals surface area contributed by atoms with Crippen LogP contribution in [-0.2, 0) is 13.1 Å². The van der Waals surface area contributed by atoms with E-state index >= 15 is 0 Å².